The molecule has 0 bridgehead atoms. The number of amides is 1. The van der Waals surface area contributed by atoms with E-state index in [1.807, 2.05) is 12.1 Å². The Balaban J connectivity index is 1.24. The van der Waals surface area contributed by atoms with E-state index in [0.29, 0.717) is 34.6 Å². The standard InChI is InChI=1S/C38H56N2O3/c1-35(2)28(25-10-12-26(13-11-25)33(41)43-7)16-20-37(4)31(35)18-21-36(3)29-17-22-38(34(42)39-23-24-40(5)6)19-8-9-30(38)27(29)14-15-32(36)37/h10-13,16,27,29-32H,8-9,14-15,17-24H2,1-7H3,(H,39,42). The lowest BCUT2D eigenvalue weighted by atomic mass is 9.36. The lowest BCUT2D eigenvalue weighted by molar-refractivity contribution is -0.181. The second kappa shape index (κ2) is 11.0. The molecule has 0 spiro atoms. The molecular formula is C38H56N2O3. The number of nitrogens with one attached hydrogen (secondary N) is 1. The molecule has 6 rings (SSSR count). The van der Waals surface area contributed by atoms with E-state index in [-0.39, 0.29) is 22.2 Å². The fraction of sp³-hybridized carbons (Fsp3) is 0.737. The topological polar surface area (TPSA) is 58.6 Å². The van der Waals surface area contributed by atoms with Gasteiger partial charge in [0.1, 0.15) is 0 Å². The van der Waals surface area contributed by atoms with Gasteiger partial charge < -0.3 is 15.0 Å². The van der Waals surface area contributed by atoms with Crippen LogP contribution >= 0.6 is 0 Å². The number of esters is 1. The molecule has 43 heavy (non-hydrogen) atoms. The Bertz CT molecular complexity index is 1270. The van der Waals surface area contributed by atoms with Gasteiger partial charge in [-0.15, -0.1) is 0 Å². The number of allylic oxidation sites excluding steroid dienone is 2. The number of benzene rings is 1. The van der Waals surface area contributed by atoms with Crippen LogP contribution in [0.1, 0.15) is 108 Å². The molecular weight excluding hydrogens is 532 g/mol. The molecule has 4 saturated carbocycles. The summed E-state index contributed by atoms with van der Waals surface area (Å²) in [7, 11) is 5.60. The van der Waals surface area contributed by atoms with E-state index >= 15 is 0 Å². The van der Waals surface area contributed by atoms with Gasteiger partial charge in [0, 0.05) is 13.1 Å². The summed E-state index contributed by atoms with van der Waals surface area (Å²) in [6, 6.07) is 8.07. The van der Waals surface area contributed by atoms with Crippen molar-refractivity contribution in [1.82, 2.24) is 10.2 Å². The van der Waals surface area contributed by atoms with Gasteiger partial charge in [-0.05, 0) is 141 Å². The summed E-state index contributed by atoms with van der Waals surface area (Å²) in [4.78, 5) is 28.0. The average Bonchev–Trinajstić information content (AvgIpc) is 3.42. The highest BCUT2D eigenvalue weighted by Crippen LogP contribution is 2.73. The van der Waals surface area contributed by atoms with Crippen molar-refractivity contribution >= 4 is 17.4 Å². The Morgan fingerprint density at radius 2 is 1.63 bits per heavy atom. The first kappa shape index (κ1) is 30.9. The van der Waals surface area contributed by atoms with Crippen LogP contribution in [0.25, 0.3) is 5.57 Å². The molecule has 0 aromatic heterocycles. The van der Waals surface area contributed by atoms with Crippen molar-refractivity contribution in [2.75, 3.05) is 34.3 Å². The van der Waals surface area contributed by atoms with Crippen LogP contribution in [0.5, 0.6) is 0 Å². The molecule has 1 N–H and O–H groups in total. The third-order valence-electron chi connectivity index (χ3n) is 14.0. The fourth-order valence-electron chi connectivity index (χ4n) is 12.2. The van der Waals surface area contributed by atoms with Gasteiger partial charge in [-0.25, -0.2) is 4.79 Å². The van der Waals surface area contributed by atoms with Gasteiger partial charge in [0.2, 0.25) is 5.91 Å². The molecule has 236 valence electrons. The molecule has 1 aromatic carbocycles. The fourth-order valence-corrected chi connectivity index (χ4v) is 12.2. The van der Waals surface area contributed by atoms with Gasteiger partial charge in [-0.1, -0.05) is 52.3 Å². The summed E-state index contributed by atoms with van der Waals surface area (Å²) in [5.41, 5.74) is 3.88. The first-order chi connectivity index (χ1) is 20.4. The number of ether oxygens (including phenoxy) is 1. The smallest absolute Gasteiger partial charge is 0.337 e. The molecule has 0 radical (unpaired) electrons. The summed E-state index contributed by atoms with van der Waals surface area (Å²) in [5.74, 6) is 3.46. The minimum absolute atomic E-state index is 0.0653. The summed E-state index contributed by atoms with van der Waals surface area (Å²) in [6.07, 6.45) is 14.8. The second-order valence-electron chi connectivity index (χ2n) is 16.4. The number of likely N-dealkylation sites (N-methyl/N-ethyl adjacent to an activating group) is 1. The zero-order valence-electron chi connectivity index (χ0n) is 27.9. The molecule has 8 atom stereocenters. The number of hydrogen-bond acceptors (Lipinski definition) is 4. The van der Waals surface area contributed by atoms with Crippen molar-refractivity contribution in [2.45, 2.75) is 91.9 Å². The molecule has 5 heteroatoms. The van der Waals surface area contributed by atoms with Crippen molar-refractivity contribution in [3.8, 4) is 0 Å². The van der Waals surface area contributed by atoms with E-state index in [1.54, 1.807) is 0 Å². The lowest BCUT2D eigenvalue weighted by Crippen LogP contribution is -2.62. The Hall–Kier alpha value is -2.14. The minimum atomic E-state index is -0.277. The number of methoxy groups -OCH3 is 1. The maximum atomic E-state index is 13.8. The van der Waals surface area contributed by atoms with Crippen molar-refractivity contribution in [3.05, 3.63) is 41.5 Å². The van der Waals surface area contributed by atoms with Crippen LogP contribution in [-0.4, -0.2) is 51.1 Å². The quantitative estimate of drug-likeness (QED) is 0.348. The van der Waals surface area contributed by atoms with Crippen LogP contribution in [0.3, 0.4) is 0 Å². The Morgan fingerprint density at radius 3 is 2.33 bits per heavy atom. The number of carbonyl (C=O) groups excluding carboxylic acids is 2. The van der Waals surface area contributed by atoms with Crippen molar-refractivity contribution < 1.29 is 14.3 Å². The number of nitrogens with zero attached hydrogens (tertiary/aromatic N) is 1. The number of carbonyl (C=O) groups is 2. The van der Waals surface area contributed by atoms with E-state index in [4.69, 9.17) is 4.74 Å². The van der Waals surface area contributed by atoms with Gasteiger partial charge in [0.25, 0.3) is 0 Å². The van der Waals surface area contributed by atoms with Gasteiger partial charge in [-0.3, -0.25) is 4.79 Å². The van der Waals surface area contributed by atoms with Crippen LogP contribution in [0.2, 0.25) is 0 Å². The lowest BCUT2D eigenvalue weighted by Gasteiger charge is -2.68. The van der Waals surface area contributed by atoms with Crippen molar-refractivity contribution in [2.24, 2.45) is 51.2 Å². The van der Waals surface area contributed by atoms with Gasteiger partial charge in [0.05, 0.1) is 18.1 Å². The monoisotopic (exact) mass is 588 g/mol. The van der Waals surface area contributed by atoms with Crippen molar-refractivity contribution in [3.63, 3.8) is 0 Å². The summed E-state index contributed by atoms with van der Waals surface area (Å²) < 4.78 is 4.93. The zero-order valence-corrected chi connectivity index (χ0v) is 27.9. The maximum absolute atomic E-state index is 13.8. The molecule has 0 saturated heterocycles. The second-order valence-corrected chi connectivity index (χ2v) is 16.4. The Labute approximate surface area is 260 Å². The van der Waals surface area contributed by atoms with Crippen LogP contribution in [0, 0.1) is 51.2 Å². The van der Waals surface area contributed by atoms with Crippen molar-refractivity contribution in [1.29, 1.82) is 0 Å². The number of hydrogen-bond donors (Lipinski definition) is 1. The van der Waals surface area contributed by atoms with Gasteiger partial charge >= 0.3 is 5.97 Å². The molecule has 5 aliphatic rings. The highest BCUT2D eigenvalue weighted by Gasteiger charge is 2.66. The molecule has 1 aromatic rings. The molecule has 0 aliphatic heterocycles. The summed E-state index contributed by atoms with van der Waals surface area (Å²) in [6.45, 7) is 11.9. The Kier molecular flexibility index (Phi) is 7.92. The van der Waals surface area contributed by atoms with E-state index in [0.717, 1.165) is 44.2 Å². The number of rotatable bonds is 6. The highest BCUT2D eigenvalue weighted by atomic mass is 16.5. The van der Waals surface area contributed by atoms with Gasteiger partial charge in [-0.2, -0.15) is 0 Å². The summed E-state index contributed by atoms with van der Waals surface area (Å²) in [5, 5.41) is 3.38. The zero-order chi connectivity index (χ0) is 30.8. The van der Waals surface area contributed by atoms with E-state index in [9.17, 15) is 9.59 Å². The van der Waals surface area contributed by atoms with Crippen LogP contribution in [0.15, 0.2) is 30.3 Å². The van der Waals surface area contributed by atoms with E-state index in [2.05, 4.69) is 70.2 Å². The number of fused-ring (bicyclic) bond motifs is 7. The first-order valence-corrected chi connectivity index (χ1v) is 17.2. The van der Waals surface area contributed by atoms with Crippen LogP contribution < -0.4 is 5.32 Å². The largest absolute Gasteiger partial charge is 0.465 e. The normalized spacial score (nSPS) is 39.5. The predicted octanol–water partition coefficient (Wildman–Crippen LogP) is 7.61. The molecule has 4 fully saturated rings. The predicted molar refractivity (Wildman–Crippen MR) is 173 cm³/mol. The highest BCUT2D eigenvalue weighted by molar-refractivity contribution is 5.90. The van der Waals surface area contributed by atoms with Gasteiger partial charge in [0.15, 0.2) is 0 Å². The summed E-state index contributed by atoms with van der Waals surface area (Å²) >= 11 is 0. The van der Waals surface area contributed by atoms with Crippen LogP contribution in [-0.2, 0) is 9.53 Å². The molecule has 1 amide bonds. The third-order valence-corrected chi connectivity index (χ3v) is 14.0. The molecule has 5 aliphatic carbocycles. The molecule has 8 unspecified atom stereocenters. The van der Waals surface area contributed by atoms with Crippen LogP contribution in [0.4, 0.5) is 0 Å². The SMILES string of the molecule is COC(=O)c1ccc(C2=CCC3(C)C(CCC4(C)C5CCC6(C(=O)NCCN(C)C)CCCC6C5CCC43)C2(C)C)cc1. The maximum Gasteiger partial charge on any atom is 0.337 e. The molecule has 5 nitrogen and oxygen atoms in total. The third kappa shape index (κ3) is 4.73. The van der Waals surface area contributed by atoms with E-state index < -0.39 is 0 Å². The Morgan fingerprint density at radius 1 is 0.884 bits per heavy atom. The van der Waals surface area contributed by atoms with E-state index in [1.165, 1.54) is 63.2 Å². The molecule has 0 heterocycles. The first-order valence-electron chi connectivity index (χ1n) is 17.2. The average molecular weight is 589 g/mol. The minimum Gasteiger partial charge on any atom is -0.465 e.